The summed E-state index contributed by atoms with van der Waals surface area (Å²) in [5.41, 5.74) is 4.87. The predicted octanol–water partition coefficient (Wildman–Crippen LogP) is 0.223. The number of sulfonamides is 1. The highest BCUT2D eigenvalue weighted by Crippen LogP contribution is 2.41. The number of primary amides is 1. The van der Waals surface area contributed by atoms with Gasteiger partial charge in [0.25, 0.3) is 0 Å². The monoisotopic (exact) mass is 298 g/mol. The fourth-order valence-electron chi connectivity index (χ4n) is 2.16. The highest BCUT2D eigenvalue weighted by atomic mass is 32.2. The molecule has 2 atom stereocenters. The van der Waals surface area contributed by atoms with Crippen LogP contribution in [0.15, 0.2) is 29.2 Å². The maximum atomic E-state index is 12.2. The lowest BCUT2D eigenvalue weighted by molar-refractivity contribution is -0.0645. The Morgan fingerprint density at radius 2 is 1.90 bits per heavy atom. The van der Waals surface area contributed by atoms with Crippen LogP contribution in [0, 0.1) is 5.41 Å². The van der Waals surface area contributed by atoms with Crippen molar-refractivity contribution in [1.82, 2.24) is 4.72 Å². The summed E-state index contributed by atoms with van der Waals surface area (Å²) in [6.07, 6.45) is -0.113. The molecule has 1 aliphatic carbocycles. The molecule has 0 spiro atoms. The lowest BCUT2D eigenvalue weighted by atomic mass is 9.65. The van der Waals surface area contributed by atoms with Crippen LogP contribution in [0.4, 0.5) is 0 Å². The number of carbonyl (C=O) groups excluding carboxylic acids is 1. The lowest BCUT2D eigenvalue weighted by Gasteiger charge is -2.49. The maximum absolute atomic E-state index is 12.2. The van der Waals surface area contributed by atoms with E-state index in [1.807, 2.05) is 13.8 Å². The zero-order valence-electron chi connectivity index (χ0n) is 11.3. The van der Waals surface area contributed by atoms with Crippen LogP contribution in [0.25, 0.3) is 0 Å². The summed E-state index contributed by atoms with van der Waals surface area (Å²) in [6.45, 7) is 3.62. The molecule has 2 rings (SSSR count). The van der Waals surface area contributed by atoms with Crippen molar-refractivity contribution < 1.29 is 18.3 Å². The fraction of sp³-hybridized carbons (Fsp3) is 0.462. The molecule has 0 aliphatic heterocycles. The second kappa shape index (κ2) is 4.83. The number of benzene rings is 1. The fourth-order valence-corrected chi connectivity index (χ4v) is 3.56. The van der Waals surface area contributed by atoms with E-state index in [1.165, 1.54) is 24.3 Å². The summed E-state index contributed by atoms with van der Waals surface area (Å²) in [5, 5.41) is 9.62. The third-order valence-electron chi connectivity index (χ3n) is 3.96. The van der Waals surface area contributed by atoms with Gasteiger partial charge in [0.1, 0.15) is 0 Å². The molecule has 0 saturated heterocycles. The Morgan fingerprint density at radius 3 is 2.30 bits per heavy atom. The maximum Gasteiger partial charge on any atom is 0.248 e. The van der Waals surface area contributed by atoms with Gasteiger partial charge in [-0.2, -0.15) is 0 Å². The highest BCUT2D eigenvalue weighted by Gasteiger charge is 2.48. The van der Waals surface area contributed by atoms with Gasteiger partial charge in [-0.15, -0.1) is 0 Å². The summed E-state index contributed by atoms with van der Waals surface area (Å²) in [6, 6.07) is 5.11. The van der Waals surface area contributed by atoms with E-state index in [4.69, 9.17) is 5.73 Å². The van der Waals surface area contributed by atoms with E-state index in [0.717, 1.165) is 0 Å². The Morgan fingerprint density at radius 1 is 1.35 bits per heavy atom. The Bertz CT molecular complexity index is 622. The van der Waals surface area contributed by atoms with Gasteiger partial charge in [-0.1, -0.05) is 13.8 Å². The highest BCUT2D eigenvalue weighted by molar-refractivity contribution is 7.89. The summed E-state index contributed by atoms with van der Waals surface area (Å²) < 4.78 is 27.0. The molecule has 0 aromatic heterocycles. The molecular weight excluding hydrogens is 280 g/mol. The minimum atomic E-state index is -3.67. The van der Waals surface area contributed by atoms with Crippen molar-refractivity contribution in [3.05, 3.63) is 29.8 Å². The van der Waals surface area contributed by atoms with Gasteiger partial charge in [0.2, 0.25) is 15.9 Å². The van der Waals surface area contributed by atoms with Gasteiger partial charge in [-0.3, -0.25) is 4.79 Å². The molecule has 2 unspecified atom stereocenters. The Kier molecular flexibility index (Phi) is 3.62. The Hall–Kier alpha value is -1.44. The van der Waals surface area contributed by atoms with E-state index >= 15 is 0 Å². The smallest absolute Gasteiger partial charge is 0.248 e. The van der Waals surface area contributed by atoms with Crippen LogP contribution >= 0.6 is 0 Å². The van der Waals surface area contributed by atoms with Gasteiger partial charge in [-0.05, 0) is 30.7 Å². The number of rotatable bonds is 4. The molecule has 1 aromatic carbocycles. The molecule has 110 valence electrons. The molecule has 0 radical (unpaired) electrons. The first-order valence-corrected chi connectivity index (χ1v) is 7.73. The summed E-state index contributed by atoms with van der Waals surface area (Å²) >= 11 is 0. The van der Waals surface area contributed by atoms with E-state index in [1.54, 1.807) is 0 Å². The van der Waals surface area contributed by atoms with Crippen molar-refractivity contribution in [2.24, 2.45) is 11.1 Å². The van der Waals surface area contributed by atoms with Gasteiger partial charge in [0.05, 0.1) is 11.0 Å². The number of nitrogens with two attached hydrogens (primary N) is 1. The number of aliphatic hydroxyl groups is 1. The summed E-state index contributed by atoms with van der Waals surface area (Å²) in [5.74, 6) is -0.606. The lowest BCUT2D eigenvalue weighted by Crippen LogP contribution is -2.61. The van der Waals surface area contributed by atoms with Crippen molar-refractivity contribution in [1.29, 1.82) is 0 Å². The number of hydrogen-bond acceptors (Lipinski definition) is 4. The van der Waals surface area contributed by atoms with Crippen LogP contribution < -0.4 is 10.5 Å². The van der Waals surface area contributed by atoms with Crippen LogP contribution in [0.3, 0.4) is 0 Å². The average molecular weight is 298 g/mol. The van der Waals surface area contributed by atoms with Crippen molar-refractivity contribution in [2.45, 2.75) is 37.3 Å². The second-order valence-corrected chi connectivity index (χ2v) is 7.35. The number of aliphatic hydroxyl groups excluding tert-OH is 1. The van der Waals surface area contributed by atoms with E-state index in [9.17, 15) is 18.3 Å². The van der Waals surface area contributed by atoms with Gasteiger partial charge in [-0.25, -0.2) is 13.1 Å². The number of amides is 1. The molecule has 20 heavy (non-hydrogen) atoms. The molecule has 1 fully saturated rings. The molecule has 7 heteroatoms. The largest absolute Gasteiger partial charge is 0.392 e. The molecule has 1 aromatic rings. The van der Waals surface area contributed by atoms with Crippen LogP contribution in [0.5, 0.6) is 0 Å². The summed E-state index contributed by atoms with van der Waals surface area (Å²) in [4.78, 5) is 11.0. The van der Waals surface area contributed by atoms with Gasteiger partial charge in [0.15, 0.2) is 0 Å². The molecule has 0 bridgehead atoms. The third-order valence-corrected chi connectivity index (χ3v) is 5.45. The van der Waals surface area contributed by atoms with Crippen molar-refractivity contribution in [2.75, 3.05) is 0 Å². The molecule has 0 heterocycles. The van der Waals surface area contributed by atoms with E-state index < -0.39 is 27.4 Å². The minimum Gasteiger partial charge on any atom is -0.392 e. The summed E-state index contributed by atoms with van der Waals surface area (Å²) in [7, 11) is -3.67. The Balaban J connectivity index is 2.17. The van der Waals surface area contributed by atoms with Crippen molar-refractivity contribution in [3.8, 4) is 0 Å². The zero-order valence-corrected chi connectivity index (χ0v) is 12.1. The molecule has 4 N–H and O–H groups in total. The van der Waals surface area contributed by atoms with Crippen LogP contribution in [-0.2, 0) is 10.0 Å². The molecular formula is C13H18N2O4S. The number of carbonyl (C=O) groups is 1. The normalized spacial score (nSPS) is 24.9. The van der Waals surface area contributed by atoms with Crippen molar-refractivity contribution >= 4 is 15.9 Å². The van der Waals surface area contributed by atoms with Crippen LogP contribution in [0.2, 0.25) is 0 Å². The average Bonchev–Trinajstić information content (AvgIpc) is 2.38. The number of hydrogen-bond donors (Lipinski definition) is 3. The van der Waals surface area contributed by atoms with E-state index in [2.05, 4.69) is 4.72 Å². The molecule has 6 nitrogen and oxygen atoms in total. The first kappa shape index (κ1) is 15.0. The van der Waals surface area contributed by atoms with Gasteiger partial charge >= 0.3 is 0 Å². The quantitative estimate of drug-likeness (QED) is 0.738. The first-order chi connectivity index (χ1) is 9.14. The molecule has 1 saturated carbocycles. The standard InChI is InChI=1S/C13H18N2O4S/c1-13(2)10(7-11(13)16)15-20(18,19)9-5-3-8(4-6-9)12(14)17/h3-6,10-11,15-16H,7H2,1-2H3,(H2,14,17). The van der Waals surface area contributed by atoms with Crippen LogP contribution in [-0.4, -0.2) is 31.6 Å². The third kappa shape index (κ3) is 2.56. The Labute approximate surface area is 118 Å². The van der Waals surface area contributed by atoms with Gasteiger partial charge in [0, 0.05) is 17.0 Å². The first-order valence-electron chi connectivity index (χ1n) is 6.25. The van der Waals surface area contributed by atoms with Gasteiger partial charge < -0.3 is 10.8 Å². The topological polar surface area (TPSA) is 109 Å². The number of nitrogens with one attached hydrogen (secondary N) is 1. The molecule has 1 aliphatic rings. The second-order valence-electron chi connectivity index (χ2n) is 5.64. The van der Waals surface area contributed by atoms with E-state index in [0.29, 0.717) is 6.42 Å². The van der Waals surface area contributed by atoms with E-state index in [-0.39, 0.29) is 16.5 Å². The SMILES string of the molecule is CC1(C)C(O)CC1NS(=O)(=O)c1ccc(C(N)=O)cc1. The molecule has 1 amide bonds. The minimum absolute atomic E-state index is 0.0692. The van der Waals surface area contributed by atoms with Crippen molar-refractivity contribution in [3.63, 3.8) is 0 Å². The van der Waals surface area contributed by atoms with Crippen LogP contribution in [0.1, 0.15) is 30.6 Å². The predicted molar refractivity (Wildman–Crippen MR) is 73.5 cm³/mol. The zero-order chi connectivity index (χ0) is 15.1.